The zero-order valence-corrected chi connectivity index (χ0v) is 18.1. The Labute approximate surface area is 172 Å². The lowest BCUT2D eigenvalue weighted by Crippen LogP contribution is -2.49. The first-order valence-electron chi connectivity index (χ1n) is 9.01. The molecule has 1 fully saturated rings. The largest absolute Gasteiger partial charge is 0.354 e. The number of sulfonamides is 1. The molecule has 0 aromatic heterocycles. The number of benzene rings is 1. The Morgan fingerprint density at radius 1 is 1.29 bits per heavy atom. The van der Waals surface area contributed by atoms with Gasteiger partial charge in [0, 0.05) is 38.3 Å². The molecule has 1 aliphatic heterocycles. The molecule has 3 N–H and O–H groups in total. The molecule has 1 heterocycles. The number of piperazine rings is 1. The summed E-state index contributed by atoms with van der Waals surface area (Å²) in [6.07, 6.45) is 0.698. The zero-order valence-electron chi connectivity index (χ0n) is 16.4. The van der Waals surface area contributed by atoms with Crippen LogP contribution in [0.5, 0.6) is 0 Å². The summed E-state index contributed by atoms with van der Waals surface area (Å²) in [6.45, 7) is 4.93. The molecule has 2 rings (SSSR count). The monoisotopic (exact) mass is 432 g/mol. The van der Waals surface area contributed by atoms with Crippen molar-refractivity contribution in [1.29, 1.82) is 0 Å². The fourth-order valence-electron chi connectivity index (χ4n) is 2.74. The number of nitrogens with zero attached hydrogens (tertiary/aromatic N) is 2. The summed E-state index contributed by atoms with van der Waals surface area (Å²) in [5.74, 6) is -0.167. The standard InChI is InChI=1S/C18H28N4O4S.ClH/c1-13(2)16(19)8-10-21(3)18(24)14-4-6-15(7-5-14)27(25,26)22-11-9-20-17(23)12-22;/h4-7,13,16H,8-12,19H2,1-3H3,(H,20,23);1H. The second-order valence-electron chi connectivity index (χ2n) is 7.14. The summed E-state index contributed by atoms with van der Waals surface area (Å²) in [7, 11) is -2.06. The van der Waals surface area contributed by atoms with Crippen LogP contribution in [0.25, 0.3) is 0 Å². The third-order valence-corrected chi connectivity index (χ3v) is 6.60. The number of amides is 2. The van der Waals surface area contributed by atoms with Gasteiger partial charge in [0.1, 0.15) is 0 Å². The normalized spacial score (nSPS) is 16.2. The first-order valence-corrected chi connectivity index (χ1v) is 10.4. The van der Waals surface area contributed by atoms with Crippen molar-refractivity contribution < 1.29 is 18.0 Å². The van der Waals surface area contributed by atoms with Gasteiger partial charge in [-0.25, -0.2) is 8.42 Å². The Morgan fingerprint density at radius 3 is 2.43 bits per heavy atom. The van der Waals surface area contributed by atoms with Crippen LogP contribution < -0.4 is 11.1 Å². The van der Waals surface area contributed by atoms with Gasteiger partial charge in [-0.2, -0.15) is 4.31 Å². The lowest BCUT2D eigenvalue weighted by Gasteiger charge is -2.26. The third kappa shape index (κ3) is 5.91. The number of carbonyl (C=O) groups excluding carboxylic acids is 2. The van der Waals surface area contributed by atoms with Crippen LogP contribution in [0.2, 0.25) is 0 Å². The molecule has 0 spiro atoms. The van der Waals surface area contributed by atoms with Crippen LogP contribution in [0.4, 0.5) is 0 Å². The molecule has 1 aromatic rings. The molecule has 0 aliphatic carbocycles. The molecule has 0 saturated carbocycles. The van der Waals surface area contributed by atoms with Gasteiger partial charge in [0.2, 0.25) is 15.9 Å². The maximum absolute atomic E-state index is 12.6. The van der Waals surface area contributed by atoms with Crippen LogP contribution in [-0.4, -0.2) is 68.7 Å². The van der Waals surface area contributed by atoms with Crippen molar-refractivity contribution in [3.63, 3.8) is 0 Å². The Bertz CT molecular complexity index is 783. The van der Waals surface area contributed by atoms with E-state index in [1.165, 1.54) is 24.3 Å². The van der Waals surface area contributed by atoms with E-state index in [-0.39, 0.29) is 54.8 Å². The first-order chi connectivity index (χ1) is 12.6. The van der Waals surface area contributed by atoms with Gasteiger partial charge in [-0.3, -0.25) is 9.59 Å². The van der Waals surface area contributed by atoms with E-state index in [2.05, 4.69) is 5.32 Å². The van der Waals surface area contributed by atoms with Gasteiger partial charge in [0.05, 0.1) is 11.4 Å². The van der Waals surface area contributed by atoms with Gasteiger partial charge in [-0.05, 0) is 36.6 Å². The number of carbonyl (C=O) groups is 2. The van der Waals surface area contributed by atoms with E-state index in [1.54, 1.807) is 11.9 Å². The summed E-state index contributed by atoms with van der Waals surface area (Å²) >= 11 is 0. The van der Waals surface area contributed by atoms with Gasteiger partial charge in [-0.1, -0.05) is 13.8 Å². The van der Waals surface area contributed by atoms with Crippen LogP contribution in [0, 0.1) is 5.92 Å². The second-order valence-corrected chi connectivity index (χ2v) is 9.07. The van der Waals surface area contributed by atoms with E-state index >= 15 is 0 Å². The molecule has 0 radical (unpaired) electrons. The van der Waals surface area contributed by atoms with E-state index in [0.29, 0.717) is 24.4 Å². The minimum atomic E-state index is -3.76. The average molecular weight is 433 g/mol. The van der Waals surface area contributed by atoms with Crippen molar-refractivity contribution in [1.82, 2.24) is 14.5 Å². The minimum absolute atomic E-state index is 0. The fraction of sp³-hybridized carbons (Fsp3) is 0.556. The average Bonchev–Trinajstić information content (AvgIpc) is 2.65. The van der Waals surface area contributed by atoms with Gasteiger partial charge >= 0.3 is 0 Å². The van der Waals surface area contributed by atoms with Crippen LogP contribution in [0.3, 0.4) is 0 Å². The molecule has 1 saturated heterocycles. The van der Waals surface area contributed by atoms with Crippen molar-refractivity contribution in [2.45, 2.75) is 31.2 Å². The number of nitrogens with one attached hydrogen (secondary N) is 1. The summed E-state index contributed by atoms with van der Waals surface area (Å²) in [5, 5.41) is 2.59. The highest BCUT2D eigenvalue weighted by atomic mass is 35.5. The highest BCUT2D eigenvalue weighted by Gasteiger charge is 2.29. The van der Waals surface area contributed by atoms with Gasteiger partial charge in [0.15, 0.2) is 0 Å². The minimum Gasteiger partial charge on any atom is -0.354 e. The Kier molecular flexibility index (Phi) is 8.87. The third-order valence-electron chi connectivity index (χ3n) is 4.74. The van der Waals surface area contributed by atoms with Gasteiger partial charge in [-0.15, -0.1) is 12.4 Å². The van der Waals surface area contributed by atoms with E-state index in [9.17, 15) is 18.0 Å². The molecule has 158 valence electrons. The molecule has 0 bridgehead atoms. The number of hydrogen-bond acceptors (Lipinski definition) is 5. The highest BCUT2D eigenvalue weighted by molar-refractivity contribution is 7.89. The van der Waals surface area contributed by atoms with Gasteiger partial charge in [0.25, 0.3) is 5.91 Å². The van der Waals surface area contributed by atoms with E-state index in [4.69, 9.17) is 5.73 Å². The van der Waals surface area contributed by atoms with Crippen molar-refractivity contribution in [3.05, 3.63) is 29.8 Å². The first kappa shape index (κ1) is 24.4. The van der Waals surface area contributed by atoms with Crippen molar-refractivity contribution in [2.75, 3.05) is 33.2 Å². The summed E-state index contributed by atoms with van der Waals surface area (Å²) in [4.78, 5) is 25.6. The zero-order chi connectivity index (χ0) is 20.2. The van der Waals surface area contributed by atoms with Gasteiger partial charge < -0.3 is 16.0 Å². The van der Waals surface area contributed by atoms with Crippen molar-refractivity contribution in [3.8, 4) is 0 Å². The number of hydrogen-bond donors (Lipinski definition) is 2. The fourth-order valence-corrected chi connectivity index (χ4v) is 4.13. The molecule has 8 nitrogen and oxygen atoms in total. The molecule has 28 heavy (non-hydrogen) atoms. The maximum Gasteiger partial charge on any atom is 0.253 e. The molecular weight excluding hydrogens is 404 g/mol. The molecule has 10 heteroatoms. The van der Waals surface area contributed by atoms with Crippen LogP contribution in [0.15, 0.2) is 29.2 Å². The predicted octanol–water partition coefficient (Wildman–Crippen LogP) is 0.674. The lowest BCUT2D eigenvalue weighted by atomic mass is 10.0. The second kappa shape index (κ2) is 10.2. The molecule has 1 unspecified atom stereocenters. The molecule has 1 atom stereocenters. The van der Waals surface area contributed by atoms with E-state index < -0.39 is 10.0 Å². The molecule has 2 amide bonds. The number of rotatable bonds is 7. The Balaban J connectivity index is 0.00000392. The van der Waals surface area contributed by atoms with Crippen molar-refractivity contribution in [2.24, 2.45) is 11.7 Å². The number of nitrogens with two attached hydrogens (primary N) is 1. The quantitative estimate of drug-likeness (QED) is 0.657. The molecule has 1 aliphatic rings. The smallest absolute Gasteiger partial charge is 0.253 e. The van der Waals surface area contributed by atoms with Crippen LogP contribution in [0.1, 0.15) is 30.6 Å². The van der Waals surface area contributed by atoms with Crippen LogP contribution >= 0.6 is 12.4 Å². The molecule has 1 aromatic carbocycles. The Hall–Kier alpha value is -1.68. The van der Waals surface area contributed by atoms with Crippen molar-refractivity contribution >= 4 is 34.2 Å². The SMILES string of the molecule is CC(C)C(N)CCN(C)C(=O)c1ccc(S(=O)(=O)N2CCNC(=O)C2)cc1.Cl. The van der Waals surface area contributed by atoms with E-state index in [1.807, 2.05) is 13.8 Å². The topological polar surface area (TPSA) is 113 Å². The van der Waals surface area contributed by atoms with E-state index in [0.717, 1.165) is 4.31 Å². The Morgan fingerprint density at radius 2 is 1.89 bits per heavy atom. The van der Waals surface area contributed by atoms with Crippen LogP contribution in [-0.2, 0) is 14.8 Å². The summed E-state index contributed by atoms with van der Waals surface area (Å²) < 4.78 is 26.4. The molecular formula is C18H29ClN4O4S. The predicted molar refractivity (Wildman–Crippen MR) is 110 cm³/mol. The highest BCUT2D eigenvalue weighted by Crippen LogP contribution is 2.18. The lowest BCUT2D eigenvalue weighted by molar-refractivity contribution is -0.122. The summed E-state index contributed by atoms with van der Waals surface area (Å²) in [5.41, 5.74) is 6.42. The maximum atomic E-state index is 12.6. The summed E-state index contributed by atoms with van der Waals surface area (Å²) in [6, 6.07) is 5.83. The number of halogens is 1.